The average molecular weight is 238 g/mol. The smallest absolute Gasteiger partial charge is 0.239 e. The molecule has 17 heavy (non-hydrogen) atoms. The van der Waals surface area contributed by atoms with Crippen LogP contribution in [0.2, 0.25) is 0 Å². The molecule has 1 rings (SSSR count). The van der Waals surface area contributed by atoms with Gasteiger partial charge < -0.3 is 15.1 Å². The van der Waals surface area contributed by atoms with Crippen molar-refractivity contribution in [1.29, 1.82) is 0 Å². The molecule has 5 heteroatoms. The van der Waals surface area contributed by atoms with E-state index in [0.29, 0.717) is 19.4 Å². The summed E-state index contributed by atoms with van der Waals surface area (Å²) in [5.74, 6) is 0.474. The number of aryl methyl sites for hydroxylation is 1. The Labute approximate surface area is 101 Å². The van der Waals surface area contributed by atoms with E-state index in [2.05, 4.69) is 10.6 Å². The zero-order chi connectivity index (χ0) is 12.5. The van der Waals surface area contributed by atoms with E-state index in [9.17, 15) is 9.59 Å². The molecule has 0 aliphatic carbocycles. The summed E-state index contributed by atoms with van der Waals surface area (Å²) in [6.07, 6.45) is 3.34. The second-order valence-electron chi connectivity index (χ2n) is 3.71. The third-order valence-corrected chi connectivity index (χ3v) is 2.20. The van der Waals surface area contributed by atoms with Crippen molar-refractivity contribution in [2.75, 3.05) is 13.1 Å². The van der Waals surface area contributed by atoms with Gasteiger partial charge in [0.15, 0.2) is 0 Å². The van der Waals surface area contributed by atoms with Crippen LogP contribution < -0.4 is 10.6 Å². The fourth-order valence-electron chi connectivity index (χ4n) is 1.29. The molecule has 0 spiro atoms. The highest BCUT2D eigenvalue weighted by molar-refractivity contribution is 5.84. The Morgan fingerprint density at radius 2 is 2.12 bits per heavy atom. The first kappa shape index (κ1) is 13.3. The van der Waals surface area contributed by atoms with Crippen LogP contribution in [0.1, 0.15) is 25.5 Å². The molecule has 0 atom stereocenters. The summed E-state index contributed by atoms with van der Waals surface area (Å²) < 4.78 is 5.10. The molecule has 0 aliphatic rings. The van der Waals surface area contributed by atoms with Gasteiger partial charge in [0.2, 0.25) is 11.8 Å². The first-order chi connectivity index (χ1) is 8.22. The molecule has 0 unspecified atom stereocenters. The molecule has 94 valence electrons. The van der Waals surface area contributed by atoms with Crippen LogP contribution in [0.3, 0.4) is 0 Å². The zero-order valence-corrected chi connectivity index (χ0v) is 9.99. The summed E-state index contributed by atoms with van der Waals surface area (Å²) in [6, 6.07) is 3.60. The molecule has 0 aromatic carbocycles. The summed E-state index contributed by atoms with van der Waals surface area (Å²) in [5, 5.41) is 5.25. The molecule has 0 aliphatic heterocycles. The lowest BCUT2D eigenvalue weighted by Crippen LogP contribution is -2.37. The number of nitrogens with one attached hydrogen (secondary N) is 2. The van der Waals surface area contributed by atoms with E-state index in [-0.39, 0.29) is 18.4 Å². The van der Waals surface area contributed by atoms with Gasteiger partial charge in [-0.3, -0.25) is 9.59 Å². The molecule has 5 nitrogen and oxygen atoms in total. The van der Waals surface area contributed by atoms with E-state index >= 15 is 0 Å². The number of rotatable bonds is 7. The first-order valence-electron chi connectivity index (χ1n) is 5.78. The lowest BCUT2D eigenvalue weighted by Gasteiger charge is -2.05. The van der Waals surface area contributed by atoms with E-state index in [1.165, 1.54) is 0 Å². The number of amides is 2. The van der Waals surface area contributed by atoms with Crippen molar-refractivity contribution in [3.05, 3.63) is 24.2 Å². The van der Waals surface area contributed by atoms with E-state index in [0.717, 1.165) is 12.2 Å². The normalized spacial score (nSPS) is 9.94. The van der Waals surface area contributed by atoms with Crippen LogP contribution in [0.4, 0.5) is 0 Å². The topological polar surface area (TPSA) is 71.3 Å². The van der Waals surface area contributed by atoms with Crippen molar-refractivity contribution in [3.8, 4) is 0 Å². The van der Waals surface area contributed by atoms with Gasteiger partial charge in [-0.05, 0) is 18.6 Å². The number of hydrogen-bond acceptors (Lipinski definition) is 3. The zero-order valence-electron chi connectivity index (χ0n) is 9.99. The van der Waals surface area contributed by atoms with Gasteiger partial charge in [-0.15, -0.1) is 0 Å². The van der Waals surface area contributed by atoms with Crippen LogP contribution in [0.5, 0.6) is 0 Å². The van der Waals surface area contributed by atoms with Crippen LogP contribution >= 0.6 is 0 Å². The first-order valence-corrected chi connectivity index (χ1v) is 5.78. The third kappa shape index (κ3) is 5.75. The van der Waals surface area contributed by atoms with Gasteiger partial charge in [-0.25, -0.2) is 0 Å². The van der Waals surface area contributed by atoms with Crippen LogP contribution in [0, 0.1) is 0 Å². The molecule has 0 saturated heterocycles. The van der Waals surface area contributed by atoms with E-state index in [4.69, 9.17) is 4.42 Å². The van der Waals surface area contributed by atoms with E-state index < -0.39 is 0 Å². The molecule has 0 fully saturated rings. The van der Waals surface area contributed by atoms with Crippen molar-refractivity contribution < 1.29 is 14.0 Å². The Morgan fingerprint density at radius 3 is 2.76 bits per heavy atom. The summed E-state index contributed by atoms with van der Waals surface area (Å²) >= 11 is 0. The van der Waals surface area contributed by atoms with Crippen molar-refractivity contribution >= 4 is 11.8 Å². The molecule has 0 radical (unpaired) electrons. The Hall–Kier alpha value is -1.78. The SMILES string of the molecule is CCCNC(=O)CNC(=O)CCc1ccco1. The second-order valence-corrected chi connectivity index (χ2v) is 3.71. The molecule has 0 bridgehead atoms. The minimum atomic E-state index is -0.154. The van der Waals surface area contributed by atoms with Gasteiger partial charge in [0.1, 0.15) is 5.76 Å². The molecule has 0 saturated carbocycles. The monoisotopic (exact) mass is 238 g/mol. The molecule has 1 heterocycles. The van der Waals surface area contributed by atoms with Crippen molar-refractivity contribution in [1.82, 2.24) is 10.6 Å². The highest BCUT2D eigenvalue weighted by atomic mass is 16.3. The maximum atomic E-state index is 11.4. The number of carbonyl (C=O) groups is 2. The van der Waals surface area contributed by atoms with Crippen LogP contribution in [-0.2, 0) is 16.0 Å². The summed E-state index contributed by atoms with van der Waals surface area (Å²) in [4.78, 5) is 22.6. The highest BCUT2D eigenvalue weighted by Gasteiger charge is 2.06. The second kappa shape index (κ2) is 7.49. The summed E-state index contributed by atoms with van der Waals surface area (Å²) in [5.41, 5.74) is 0. The van der Waals surface area contributed by atoms with Gasteiger partial charge in [0.05, 0.1) is 12.8 Å². The van der Waals surface area contributed by atoms with Gasteiger partial charge in [0, 0.05) is 19.4 Å². The molecule has 2 amide bonds. The van der Waals surface area contributed by atoms with Crippen molar-refractivity contribution in [3.63, 3.8) is 0 Å². The van der Waals surface area contributed by atoms with E-state index in [1.807, 2.05) is 13.0 Å². The minimum absolute atomic E-state index is 0.0387. The summed E-state index contributed by atoms with van der Waals surface area (Å²) in [7, 11) is 0. The van der Waals surface area contributed by atoms with Gasteiger partial charge in [0.25, 0.3) is 0 Å². The Balaban J connectivity index is 2.11. The number of hydrogen-bond donors (Lipinski definition) is 2. The lowest BCUT2D eigenvalue weighted by atomic mass is 10.2. The fourth-order valence-corrected chi connectivity index (χ4v) is 1.29. The molecule has 1 aromatic rings. The predicted octanol–water partition coefficient (Wildman–Crippen LogP) is 0.855. The number of carbonyl (C=O) groups excluding carboxylic acids is 2. The fraction of sp³-hybridized carbons (Fsp3) is 0.500. The third-order valence-electron chi connectivity index (χ3n) is 2.20. The van der Waals surface area contributed by atoms with Crippen LogP contribution in [-0.4, -0.2) is 24.9 Å². The predicted molar refractivity (Wildman–Crippen MR) is 63.3 cm³/mol. The standard InChI is InChI=1S/C12H18N2O3/c1-2-7-13-12(16)9-14-11(15)6-5-10-4-3-8-17-10/h3-4,8H,2,5-7,9H2,1H3,(H,13,16)(H,14,15). The van der Waals surface area contributed by atoms with Crippen molar-refractivity contribution in [2.45, 2.75) is 26.2 Å². The summed E-state index contributed by atoms with van der Waals surface area (Å²) in [6.45, 7) is 2.65. The van der Waals surface area contributed by atoms with Crippen LogP contribution in [0.25, 0.3) is 0 Å². The molecular formula is C12H18N2O3. The van der Waals surface area contributed by atoms with Gasteiger partial charge in [-0.1, -0.05) is 6.92 Å². The molecule has 2 N–H and O–H groups in total. The van der Waals surface area contributed by atoms with Gasteiger partial charge in [-0.2, -0.15) is 0 Å². The Bertz CT molecular complexity index is 347. The maximum Gasteiger partial charge on any atom is 0.239 e. The van der Waals surface area contributed by atoms with Crippen molar-refractivity contribution in [2.24, 2.45) is 0 Å². The quantitative estimate of drug-likeness (QED) is 0.740. The number of furan rings is 1. The van der Waals surface area contributed by atoms with Crippen LogP contribution in [0.15, 0.2) is 22.8 Å². The van der Waals surface area contributed by atoms with Gasteiger partial charge >= 0.3 is 0 Å². The Kier molecular flexibility index (Phi) is 5.85. The molecular weight excluding hydrogens is 220 g/mol. The largest absolute Gasteiger partial charge is 0.469 e. The Morgan fingerprint density at radius 1 is 1.29 bits per heavy atom. The highest BCUT2D eigenvalue weighted by Crippen LogP contribution is 2.02. The maximum absolute atomic E-state index is 11.4. The average Bonchev–Trinajstić information content (AvgIpc) is 2.84. The lowest BCUT2D eigenvalue weighted by molar-refractivity contribution is -0.126. The van der Waals surface area contributed by atoms with E-state index in [1.54, 1.807) is 12.3 Å². The molecule has 1 aromatic heterocycles. The minimum Gasteiger partial charge on any atom is -0.469 e.